The number of amides is 1. The van der Waals surface area contributed by atoms with Crippen LogP contribution in [0.25, 0.3) is 22.4 Å². The zero-order valence-corrected chi connectivity index (χ0v) is 15.2. The zero-order chi connectivity index (χ0) is 20.6. The Hall–Kier alpha value is -3.61. The summed E-state index contributed by atoms with van der Waals surface area (Å²) in [5.74, 6) is 0.666. The van der Waals surface area contributed by atoms with E-state index in [4.69, 9.17) is 4.42 Å². The topological polar surface area (TPSA) is 55.1 Å². The number of carbonyl (C=O) groups is 1. The van der Waals surface area contributed by atoms with Gasteiger partial charge < -0.3 is 9.73 Å². The van der Waals surface area contributed by atoms with Gasteiger partial charge in [-0.2, -0.15) is 13.2 Å². The quantitative estimate of drug-likeness (QED) is 0.457. The van der Waals surface area contributed by atoms with E-state index in [-0.39, 0.29) is 11.3 Å². The third kappa shape index (κ3) is 3.85. The largest absolute Gasteiger partial charge is 0.460 e. The lowest BCUT2D eigenvalue weighted by Crippen LogP contribution is -2.14. The summed E-state index contributed by atoms with van der Waals surface area (Å²) in [7, 11) is 0. The molecule has 0 aliphatic heterocycles. The molecule has 0 atom stereocenters. The Morgan fingerprint density at radius 2 is 1.79 bits per heavy atom. The summed E-state index contributed by atoms with van der Waals surface area (Å²) in [6.45, 7) is 1.80. The number of nitrogens with zero attached hydrogens (tertiary/aromatic N) is 1. The molecular formula is C22H15F3N2O2. The summed E-state index contributed by atoms with van der Waals surface area (Å²) < 4.78 is 44.4. The number of furan rings is 1. The number of pyridine rings is 1. The van der Waals surface area contributed by atoms with Crippen LogP contribution < -0.4 is 5.32 Å². The Kier molecular flexibility index (Phi) is 4.58. The first-order valence-electron chi connectivity index (χ1n) is 8.76. The summed E-state index contributed by atoms with van der Waals surface area (Å²) in [6.07, 6.45) is -4.49. The second-order valence-electron chi connectivity index (χ2n) is 6.52. The van der Waals surface area contributed by atoms with Gasteiger partial charge in [0.2, 0.25) is 0 Å². The van der Waals surface area contributed by atoms with Gasteiger partial charge in [-0.25, -0.2) is 4.98 Å². The summed E-state index contributed by atoms with van der Waals surface area (Å²) in [5, 5.41) is 3.14. The molecule has 4 nitrogen and oxygen atoms in total. The molecule has 0 spiro atoms. The number of halogens is 3. The fourth-order valence-corrected chi connectivity index (χ4v) is 3.03. The van der Waals surface area contributed by atoms with Crippen molar-refractivity contribution in [2.45, 2.75) is 13.1 Å². The molecule has 2 aromatic heterocycles. The van der Waals surface area contributed by atoms with Crippen LogP contribution in [0, 0.1) is 6.92 Å². The van der Waals surface area contributed by atoms with E-state index in [9.17, 15) is 18.0 Å². The molecule has 1 amide bonds. The van der Waals surface area contributed by atoms with E-state index >= 15 is 0 Å². The van der Waals surface area contributed by atoms with Crippen molar-refractivity contribution in [2.24, 2.45) is 0 Å². The summed E-state index contributed by atoms with van der Waals surface area (Å²) >= 11 is 0. The lowest BCUT2D eigenvalue weighted by molar-refractivity contribution is -0.137. The molecule has 0 aliphatic rings. The molecule has 0 aliphatic carbocycles. The summed E-state index contributed by atoms with van der Waals surface area (Å²) in [6, 6.07) is 16.7. The number of nitrogens with one attached hydrogen (secondary N) is 1. The maximum Gasteiger partial charge on any atom is 0.416 e. The minimum atomic E-state index is -4.49. The average molecular weight is 396 g/mol. The Morgan fingerprint density at radius 1 is 1.00 bits per heavy atom. The molecule has 29 heavy (non-hydrogen) atoms. The Balaban J connectivity index is 1.76. The Morgan fingerprint density at radius 3 is 2.52 bits per heavy atom. The minimum absolute atomic E-state index is 0.0566. The van der Waals surface area contributed by atoms with Gasteiger partial charge in [0.05, 0.1) is 16.6 Å². The number of rotatable bonds is 3. The highest BCUT2D eigenvalue weighted by Gasteiger charge is 2.30. The maximum absolute atomic E-state index is 12.9. The molecule has 0 unspecified atom stereocenters. The van der Waals surface area contributed by atoms with Gasteiger partial charge in [0.25, 0.3) is 5.91 Å². The maximum atomic E-state index is 12.9. The molecule has 4 aromatic rings. The van der Waals surface area contributed by atoms with Crippen LogP contribution in [0.3, 0.4) is 0 Å². The number of hydrogen-bond acceptors (Lipinski definition) is 3. The van der Waals surface area contributed by atoms with Crippen molar-refractivity contribution < 1.29 is 22.4 Å². The van der Waals surface area contributed by atoms with Gasteiger partial charge in [0.1, 0.15) is 11.5 Å². The van der Waals surface area contributed by atoms with E-state index in [0.29, 0.717) is 28.1 Å². The highest BCUT2D eigenvalue weighted by atomic mass is 19.4. The molecule has 0 radical (unpaired) electrons. The van der Waals surface area contributed by atoms with E-state index < -0.39 is 17.6 Å². The third-order valence-corrected chi connectivity index (χ3v) is 4.40. The van der Waals surface area contributed by atoms with Gasteiger partial charge in [-0.3, -0.25) is 4.79 Å². The first kappa shape index (κ1) is 18.7. The van der Waals surface area contributed by atoms with Gasteiger partial charge in [0, 0.05) is 11.1 Å². The van der Waals surface area contributed by atoms with Crippen LogP contribution in [0.15, 0.2) is 71.1 Å². The highest BCUT2D eigenvalue weighted by molar-refractivity contribution is 6.13. The van der Waals surface area contributed by atoms with Gasteiger partial charge in [0.15, 0.2) is 5.76 Å². The van der Waals surface area contributed by atoms with Crippen molar-refractivity contribution in [3.63, 3.8) is 0 Å². The molecular weight excluding hydrogens is 381 g/mol. The van der Waals surface area contributed by atoms with Gasteiger partial charge in [-0.15, -0.1) is 0 Å². The van der Waals surface area contributed by atoms with Crippen molar-refractivity contribution in [3.8, 4) is 11.5 Å². The Labute approximate surface area is 164 Å². The van der Waals surface area contributed by atoms with Crippen LogP contribution in [-0.4, -0.2) is 10.9 Å². The molecule has 0 bridgehead atoms. The lowest BCUT2D eigenvalue weighted by atomic mass is 10.1. The number of aryl methyl sites for hydroxylation is 1. The fourth-order valence-electron chi connectivity index (χ4n) is 3.03. The number of para-hydroxylation sites is 1. The van der Waals surface area contributed by atoms with Crippen LogP contribution >= 0.6 is 0 Å². The molecule has 2 heterocycles. The number of aromatic nitrogens is 1. The molecule has 0 saturated carbocycles. The predicted octanol–water partition coefficient (Wildman–Crippen LogP) is 6.07. The van der Waals surface area contributed by atoms with Crippen molar-refractivity contribution in [1.82, 2.24) is 4.98 Å². The monoisotopic (exact) mass is 396 g/mol. The molecule has 2 aromatic carbocycles. The molecule has 0 fully saturated rings. The normalized spacial score (nSPS) is 11.6. The van der Waals surface area contributed by atoms with E-state index in [1.807, 2.05) is 0 Å². The molecule has 1 N–H and O–H groups in total. The highest BCUT2D eigenvalue weighted by Crippen LogP contribution is 2.31. The third-order valence-electron chi connectivity index (χ3n) is 4.40. The number of benzene rings is 2. The standard InChI is InChI=1S/C22H15F3N2O2/c1-13-9-10-20(29-13)19-12-17(16-7-2-3-8-18(16)27-19)21(28)26-15-6-4-5-14(11-15)22(23,24)25/h2-12H,1H3,(H,26,28). The first-order chi connectivity index (χ1) is 13.8. The van der Waals surface area contributed by atoms with Gasteiger partial charge in [-0.1, -0.05) is 24.3 Å². The van der Waals surface area contributed by atoms with Gasteiger partial charge >= 0.3 is 6.18 Å². The molecule has 146 valence electrons. The second-order valence-corrected chi connectivity index (χ2v) is 6.52. The Bertz CT molecular complexity index is 1210. The second kappa shape index (κ2) is 7.09. The lowest BCUT2D eigenvalue weighted by Gasteiger charge is -2.12. The van der Waals surface area contributed by atoms with Crippen LogP contribution in [0.5, 0.6) is 0 Å². The molecule has 4 rings (SSSR count). The van der Waals surface area contributed by atoms with E-state index in [1.165, 1.54) is 12.1 Å². The van der Waals surface area contributed by atoms with E-state index in [2.05, 4.69) is 10.3 Å². The van der Waals surface area contributed by atoms with Gasteiger partial charge in [-0.05, 0) is 49.4 Å². The van der Waals surface area contributed by atoms with Crippen molar-refractivity contribution in [2.75, 3.05) is 5.32 Å². The number of carbonyl (C=O) groups excluding carboxylic acids is 1. The van der Waals surface area contributed by atoms with Crippen LogP contribution in [0.1, 0.15) is 21.7 Å². The van der Waals surface area contributed by atoms with Crippen molar-refractivity contribution >= 4 is 22.5 Å². The van der Waals surface area contributed by atoms with Crippen molar-refractivity contribution in [3.05, 3.63) is 83.6 Å². The summed E-state index contributed by atoms with van der Waals surface area (Å²) in [4.78, 5) is 17.5. The predicted molar refractivity (Wildman–Crippen MR) is 104 cm³/mol. The SMILES string of the molecule is Cc1ccc(-c2cc(C(=O)Nc3cccc(C(F)(F)F)c3)c3ccccc3n2)o1. The van der Waals surface area contributed by atoms with Crippen LogP contribution in [-0.2, 0) is 6.18 Å². The number of anilines is 1. The van der Waals surface area contributed by atoms with E-state index in [0.717, 1.165) is 12.1 Å². The minimum Gasteiger partial charge on any atom is -0.460 e. The number of alkyl halides is 3. The first-order valence-corrected chi connectivity index (χ1v) is 8.76. The molecule has 7 heteroatoms. The average Bonchev–Trinajstić information content (AvgIpc) is 3.13. The van der Waals surface area contributed by atoms with E-state index in [1.54, 1.807) is 49.4 Å². The number of fused-ring (bicyclic) bond motifs is 1. The summed E-state index contributed by atoms with van der Waals surface area (Å²) in [5.41, 5.74) is 0.555. The van der Waals surface area contributed by atoms with Crippen LogP contribution in [0.4, 0.5) is 18.9 Å². The fraction of sp³-hybridized carbons (Fsp3) is 0.0909. The van der Waals surface area contributed by atoms with Crippen LogP contribution in [0.2, 0.25) is 0 Å². The zero-order valence-electron chi connectivity index (χ0n) is 15.2. The molecule has 0 saturated heterocycles. The van der Waals surface area contributed by atoms with Crippen molar-refractivity contribution in [1.29, 1.82) is 0 Å². The smallest absolute Gasteiger partial charge is 0.416 e. The number of hydrogen-bond donors (Lipinski definition) is 1.